The number of halogens is 1. The van der Waals surface area contributed by atoms with Gasteiger partial charge in [0.1, 0.15) is 5.82 Å². The third-order valence-corrected chi connectivity index (χ3v) is 6.59. The summed E-state index contributed by atoms with van der Waals surface area (Å²) < 4.78 is 13.1. The summed E-state index contributed by atoms with van der Waals surface area (Å²) in [4.78, 5) is 16.1. The molecule has 2 amide bonds. The smallest absolute Gasteiger partial charge is 0.319 e. The summed E-state index contributed by atoms with van der Waals surface area (Å²) in [6.07, 6.45) is 6.31. The number of rotatable bonds is 5. The Morgan fingerprint density at radius 1 is 1.07 bits per heavy atom. The zero-order chi connectivity index (χ0) is 19.5. The second kappa shape index (κ2) is 8.53. The summed E-state index contributed by atoms with van der Waals surface area (Å²) in [6.45, 7) is 0.857. The maximum absolute atomic E-state index is 13.1. The summed E-state index contributed by atoms with van der Waals surface area (Å²) in [5.74, 6) is -0.191. The fourth-order valence-corrected chi connectivity index (χ4v) is 4.89. The van der Waals surface area contributed by atoms with Crippen molar-refractivity contribution in [3.8, 4) is 0 Å². The Kier molecular flexibility index (Phi) is 5.87. The SMILES string of the molecule is CSc1ccc(NC(=O)NC2C[C@@H]3CC[C@@H](C2)N3Cc2ccc(F)cc2)cc1. The van der Waals surface area contributed by atoms with E-state index in [2.05, 4.69) is 15.5 Å². The minimum atomic E-state index is -0.191. The van der Waals surface area contributed by atoms with Gasteiger partial charge in [0.05, 0.1) is 0 Å². The third kappa shape index (κ3) is 4.50. The maximum Gasteiger partial charge on any atom is 0.319 e. The predicted molar refractivity (Wildman–Crippen MR) is 112 cm³/mol. The number of benzene rings is 2. The number of nitrogens with zero attached hydrogens (tertiary/aromatic N) is 1. The van der Waals surface area contributed by atoms with E-state index >= 15 is 0 Å². The van der Waals surface area contributed by atoms with E-state index in [-0.39, 0.29) is 17.9 Å². The highest BCUT2D eigenvalue weighted by molar-refractivity contribution is 7.98. The van der Waals surface area contributed by atoms with Gasteiger partial charge in [-0.25, -0.2) is 9.18 Å². The van der Waals surface area contributed by atoms with Crippen LogP contribution < -0.4 is 10.6 Å². The van der Waals surface area contributed by atoms with Gasteiger partial charge in [-0.3, -0.25) is 4.90 Å². The van der Waals surface area contributed by atoms with E-state index in [4.69, 9.17) is 0 Å². The van der Waals surface area contributed by atoms with Crippen LogP contribution in [0.1, 0.15) is 31.2 Å². The van der Waals surface area contributed by atoms with Gasteiger partial charge < -0.3 is 10.6 Å². The normalized spacial score (nSPS) is 24.1. The summed E-state index contributed by atoms with van der Waals surface area (Å²) >= 11 is 1.68. The molecule has 2 fully saturated rings. The average molecular weight is 400 g/mol. The van der Waals surface area contributed by atoms with Crippen LogP contribution in [0.3, 0.4) is 0 Å². The Morgan fingerprint density at radius 2 is 1.71 bits per heavy atom. The van der Waals surface area contributed by atoms with Gasteiger partial charge >= 0.3 is 6.03 Å². The first-order valence-electron chi connectivity index (χ1n) is 9.82. The fourth-order valence-electron chi connectivity index (χ4n) is 4.48. The Morgan fingerprint density at radius 3 is 2.32 bits per heavy atom. The lowest BCUT2D eigenvalue weighted by atomic mass is 9.96. The van der Waals surface area contributed by atoms with E-state index in [1.807, 2.05) is 42.7 Å². The number of urea groups is 1. The zero-order valence-electron chi connectivity index (χ0n) is 16.0. The highest BCUT2D eigenvalue weighted by atomic mass is 32.2. The number of nitrogens with one attached hydrogen (secondary N) is 2. The van der Waals surface area contributed by atoms with E-state index in [1.54, 1.807) is 11.8 Å². The quantitative estimate of drug-likeness (QED) is 0.706. The average Bonchev–Trinajstić information content (AvgIpc) is 2.92. The van der Waals surface area contributed by atoms with Crippen molar-refractivity contribution in [2.24, 2.45) is 0 Å². The molecule has 0 aromatic heterocycles. The molecule has 4 nitrogen and oxygen atoms in total. The molecular weight excluding hydrogens is 373 g/mol. The molecule has 28 heavy (non-hydrogen) atoms. The first kappa shape index (κ1) is 19.3. The molecule has 2 aliphatic heterocycles. The van der Waals surface area contributed by atoms with Crippen molar-refractivity contribution in [3.05, 3.63) is 59.9 Å². The second-order valence-corrected chi connectivity index (χ2v) is 8.56. The molecule has 4 rings (SSSR count). The molecule has 2 bridgehead atoms. The number of hydrogen-bond acceptors (Lipinski definition) is 3. The molecule has 0 aliphatic carbocycles. The van der Waals surface area contributed by atoms with Crippen LogP contribution in [0, 0.1) is 5.82 Å². The van der Waals surface area contributed by atoms with Gasteiger partial charge in [-0.05, 0) is 73.9 Å². The highest BCUT2D eigenvalue weighted by Gasteiger charge is 2.40. The lowest BCUT2D eigenvalue weighted by Crippen LogP contribution is -2.50. The van der Waals surface area contributed by atoms with Crippen LogP contribution in [0.5, 0.6) is 0 Å². The van der Waals surface area contributed by atoms with Gasteiger partial charge in [-0.2, -0.15) is 0 Å². The fraction of sp³-hybridized carbons (Fsp3) is 0.409. The third-order valence-electron chi connectivity index (χ3n) is 5.85. The predicted octanol–water partition coefficient (Wildman–Crippen LogP) is 4.86. The number of carbonyl (C=O) groups excluding carboxylic acids is 1. The minimum absolute atomic E-state index is 0.131. The Hall–Kier alpha value is -2.05. The summed E-state index contributed by atoms with van der Waals surface area (Å²) in [5.41, 5.74) is 1.96. The molecule has 0 spiro atoms. The van der Waals surface area contributed by atoms with Crippen LogP contribution in [-0.4, -0.2) is 35.3 Å². The number of carbonyl (C=O) groups is 1. The van der Waals surface area contributed by atoms with Crippen molar-refractivity contribution in [1.29, 1.82) is 0 Å². The first-order chi connectivity index (χ1) is 13.6. The van der Waals surface area contributed by atoms with Gasteiger partial charge in [0.2, 0.25) is 0 Å². The van der Waals surface area contributed by atoms with Crippen molar-refractivity contribution in [1.82, 2.24) is 10.2 Å². The number of thioether (sulfide) groups is 1. The van der Waals surface area contributed by atoms with Crippen LogP contribution in [0.4, 0.5) is 14.9 Å². The molecule has 2 atom stereocenters. The molecule has 2 aliphatic rings. The molecule has 2 aromatic rings. The molecule has 0 radical (unpaired) electrons. The zero-order valence-corrected chi connectivity index (χ0v) is 16.8. The first-order valence-corrected chi connectivity index (χ1v) is 11.0. The van der Waals surface area contributed by atoms with E-state index in [0.29, 0.717) is 12.1 Å². The Balaban J connectivity index is 1.31. The lowest BCUT2D eigenvalue weighted by molar-refractivity contribution is 0.112. The maximum atomic E-state index is 13.1. The van der Waals surface area contributed by atoms with Crippen LogP contribution in [-0.2, 0) is 6.54 Å². The number of hydrogen-bond donors (Lipinski definition) is 2. The van der Waals surface area contributed by atoms with E-state index in [1.165, 1.54) is 29.9 Å². The number of anilines is 1. The van der Waals surface area contributed by atoms with Crippen molar-refractivity contribution in [2.75, 3.05) is 11.6 Å². The summed E-state index contributed by atoms with van der Waals surface area (Å²) in [7, 11) is 0. The van der Waals surface area contributed by atoms with Gasteiger partial charge in [0.15, 0.2) is 0 Å². The summed E-state index contributed by atoms with van der Waals surface area (Å²) in [5, 5.41) is 6.10. The minimum Gasteiger partial charge on any atom is -0.335 e. The molecule has 148 valence electrons. The van der Waals surface area contributed by atoms with Crippen molar-refractivity contribution < 1.29 is 9.18 Å². The van der Waals surface area contributed by atoms with Crippen molar-refractivity contribution in [3.63, 3.8) is 0 Å². The van der Waals surface area contributed by atoms with Gasteiger partial charge in [0, 0.05) is 35.3 Å². The number of piperidine rings is 1. The van der Waals surface area contributed by atoms with E-state index < -0.39 is 0 Å². The molecule has 2 heterocycles. The van der Waals surface area contributed by atoms with E-state index in [0.717, 1.165) is 30.6 Å². The molecule has 6 heteroatoms. The van der Waals surface area contributed by atoms with E-state index in [9.17, 15) is 9.18 Å². The molecule has 0 unspecified atom stereocenters. The van der Waals surface area contributed by atoms with Gasteiger partial charge in [-0.1, -0.05) is 12.1 Å². The highest BCUT2D eigenvalue weighted by Crippen LogP contribution is 2.36. The molecule has 2 saturated heterocycles. The van der Waals surface area contributed by atoms with Crippen LogP contribution in [0.25, 0.3) is 0 Å². The monoisotopic (exact) mass is 399 g/mol. The summed E-state index contributed by atoms with van der Waals surface area (Å²) in [6, 6.07) is 15.7. The molecule has 2 N–H and O–H groups in total. The Bertz CT molecular complexity index is 798. The second-order valence-electron chi connectivity index (χ2n) is 7.68. The van der Waals surface area contributed by atoms with Crippen LogP contribution in [0.2, 0.25) is 0 Å². The van der Waals surface area contributed by atoms with Gasteiger partial charge in [-0.15, -0.1) is 11.8 Å². The number of fused-ring (bicyclic) bond motifs is 2. The van der Waals surface area contributed by atoms with Gasteiger partial charge in [0.25, 0.3) is 0 Å². The Labute approximate surface area is 169 Å². The topological polar surface area (TPSA) is 44.4 Å². The standard InChI is InChI=1S/C22H26FN3OS/c1-28-21-10-6-17(7-11-21)24-22(27)25-18-12-19-8-9-20(13-18)26(19)14-15-2-4-16(23)5-3-15/h2-7,10-11,18-20H,8-9,12-14H2,1H3,(H2,24,25,27)/t19-,20-/m0/s1. The van der Waals surface area contributed by atoms with Crippen LogP contribution in [0.15, 0.2) is 53.4 Å². The lowest BCUT2D eigenvalue weighted by Gasteiger charge is -2.39. The largest absolute Gasteiger partial charge is 0.335 e. The van der Waals surface area contributed by atoms with Crippen molar-refractivity contribution >= 4 is 23.5 Å². The number of amides is 2. The molecular formula is C22H26FN3OS. The molecule has 0 saturated carbocycles. The molecule has 2 aromatic carbocycles. The van der Waals surface area contributed by atoms with Crippen LogP contribution >= 0.6 is 11.8 Å². The van der Waals surface area contributed by atoms with Crippen molar-refractivity contribution in [2.45, 2.75) is 55.2 Å².